The molecule has 1 amide bonds. The van der Waals surface area contributed by atoms with Crippen molar-refractivity contribution in [3.8, 4) is 5.75 Å². The fraction of sp³-hybridized carbons (Fsp3) is 0.200. The van der Waals surface area contributed by atoms with Crippen molar-refractivity contribution in [1.82, 2.24) is 5.01 Å². The first kappa shape index (κ1) is 14.5. The summed E-state index contributed by atoms with van der Waals surface area (Å²) in [5.74, 6) is 0.384. The van der Waals surface area contributed by atoms with Gasteiger partial charge in [-0.05, 0) is 42.0 Å². The van der Waals surface area contributed by atoms with E-state index in [2.05, 4.69) is 10.1 Å². The normalized spacial score (nSPS) is 19.2. The molecule has 0 saturated carbocycles. The van der Waals surface area contributed by atoms with Gasteiger partial charge in [0, 0.05) is 0 Å². The minimum absolute atomic E-state index is 0.0572. The molecule has 1 N–H and O–H groups in total. The Morgan fingerprint density at radius 1 is 1.36 bits per heavy atom. The third kappa shape index (κ3) is 2.55. The molecule has 0 unspecified atom stereocenters. The molecule has 112 valence electrons. The third-order valence-corrected chi connectivity index (χ3v) is 4.28. The van der Waals surface area contributed by atoms with Gasteiger partial charge < -0.3 is 4.74 Å². The van der Waals surface area contributed by atoms with Crippen molar-refractivity contribution < 1.29 is 9.53 Å². The van der Waals surface area contributed by atoms with Crippen molar-refractivity contribution in [2.75, 3.05) is 7.11 Å². The molecular weight excluding hydrogens is 300 g/mol. The zero-order valence-electron chi connectivity index (χ0n) is 12.2. The van der Waals surface area contributed by atoms with E-state index in [0.29, 0.717) is 5.17 Å². The molecule has 0 radical (unpaired) electrons. The molecule has 0 fully saturated rings. The lowest BCUT2D eigenvalue weighted by Gasteiger charge is -2.20. The van der Waals surface area contributed by atoms with E-state index in [-0.39, 0.29) is 11.4 Å². The fourth-order valence-electron chi connectivity index (χ4n) is 2.04. The molecule has 22 heavy (non-hydrogen) atoms. The van der Waals surface area contributed by atoms with Crippen molar-refractivity contribution in [3.05, 3.63) is 35.4 Å². The molecule has 3 rings (SSSR count). The summed E-state index contributed by atoms with van der Waals surface area (Å²) >= 11 is 1.34. The van der Waals surface area contributed by atoms with Crippen molar-refractivity contribution in [3.63, 3.8) is 0 Å². The second-order valence-electron chi connectivity index (χ2n) is 4.64. The Morgan fingerprint density at radius 3 is 2.73 bits per heavy atom. The summed E-state index contributed by atoms with van der Waals surface area (Å²) in [5, 5.41) is 15.2. The number of ether oxygens (including phenoxy) is 1. The molecule has 6 nitrogen and oxygen atoms in total. The predicted octanol–water partition coefficient (Wildman–Crippen LogP) is 2.72. The zero-order valence-corrected chi connectivity index (χ0v) is 13.0. The van der Waals surface area contributed by atoms with Crippen molar-refractivity contribution in [2.24, 2.45) is 10.1 Å². The molecule has 1 aromatic carbocycles. The number of methoxy groups -OCH3 is 1. The van der Waals surface area contributed by atoms with Crippen LogP contribution in [0, 0.1) is 5.41 Å². The number of amides is 1. The first-order valence-electron chi connectivity index (χ1n) is 6.75. The Hall–Kier alpha value is -2.41. The number of carbonyl (C=O) groups is 1. The van der Waals surface area contributed by atoms with Crippen molar-refractivity contribution >= 4 is 39.8 Å². The Morgan fingerprint density at radius 2 is 2.09 bits per heavy atom. The highest BCUT2D eigenvalue weighted by Gasteiger charge is 2.34. The highest BCUT2D eigenvalue weighted by Crippen LogP contribution is 2.29. The van der Waals surface area contributed by atoms with Crippen LogP contribution in [0.15, 0.2) is 39.9 Å². The molecule has 0 saturated heterocycles. The fourth-order valence-corrected chi connectivity index (χ4v) is 2.87. The lowest BCUT2D eigenvalue weighted by molar-refractivity contribution is -0.114. The number of aliphatic imine (C=N–C) groups is 1. The molecule has 0 atom stereocenters. The smallest absolute Gasteiger partial charge is 0.283 e. The average Bonchev–Trinajstić information content (AvgIpc) is 2.95. The number of benzene rings is 1. The van der Waals surface area contributed by atoms with Crippen LogP contribution >= 0.6 is 11.8 Å². The molecule has 0 aromatic heterocycles. The first-order chi connectivity index (χ1) is 10.6. The largest absolute Gasteiger partial charge is 0.497 e. The minimum Gasteiger partial charge on any atom is -0.497 e. The number of hydrazone groups is 1. The molecule has 0 spiro atoms. The van der Waals surface area contributed by atoms with E-state index in [1.165, 1.54) is 16.8 Å². The number of thioether (sulfide) groups is 1. The number of nitrogens with one attached hydrogen (secondary N) is 1. The predicted molar refractivity (Wildman–Crippen MR) is 88.3 cm³/mol. The maximum Gasteiger partial charge on any atom is 0.283 e. The molecule has 2 heterocycles. The first-order valence-corrected chi connectivity index (χ1v) is 7.57. The summed E-state index contributed by atoms with van der Waals surface area (Å²) in [7, 11) is 1.60. The Labute approximate surface area is 132 Å². The molecule has 0 aliphatic carbocycles. The van der Waals surface area contributed by atoms with Crippen LogP contribution in [0.2, 0.25) is 0 Å². The highest BCUT2D eigenvalue weighted by molar-refractivity contribution is 8.26. The van der Waals surface area contributed by atoms with Gasteiger partial charge in [0.15, 0.2) is 5.84 Å². The number of hydrogen-bond acceptors (Lipinski definition) is 5. The van der Waals surface area contributed by atoms with Gasteiger partial charge in [-0.2, -0.15) is 15.1 Å². The van der Waals surface area contributed by atoms with Gasteiger partial charge in [0.1, 0.15) is 10.8 Å². The van der Waals surface area contributed by atoms with Gasteiger partial charge >= 0.3 is 0 Å². The number of amidine groups is 2. The summed E-state index contributed by atoms with van der Waals surface area (Å²) in [5.41, 5.74) is 1.04. The maximum atomic E-state index is 12.2. The third-order valence-electron chi connectivity index (χ3n) is 3.23. The number of carbonyl (C=O) groups excluding carboxylic acids is 1. The second kappa shape index (κ2) is 5.76. The number of hydrogen-bond donors (Lipinski definition) is 1. The van der Waals surface area contributed by atoms with Crippen LogP contribution in [0.1, 0.15) is 18.9 Å². The van der Waals surface area contributed by atoms with Crippen molar-refractivity contribution in [1.29, 1.82) is 5.41 Å². The lowest BCUT2D eigenvalue weighted by Crippen LogP contribution is -2.35. The second-order valence-corrected chi connectivity index (χ2v) is 5.68. The van der Waals surface area contributed by atoms with Gasteiger partial charge in [0.05, 0.1) is 12.7 Å². The zero-order chi connectivity index (χ0) is 15.7. The van der Waals surface area contributed by atoms with Gasteiger partial charge in [-0.1, -0.05) is 19.1 Å². The van der Waals surface area contributed by atoms with E-state index in [1.807, 2.05) is 19.1 Å². The van der Waals surface area contributed by atoms with Gasteiger partial charge in [-0.25, -0.2) is 0 Å². The van der Waals surface area contributed by atoms with Gasteiger partial charge in [-0.3, -0.25) is 10.2 Å². The number of rotatable bonds is 3. The van der Waals surface area contributed by atoms with E-state index in [1.54, 1.807) is 25.3 Å². The number of fused-ring (bicyclic) bond motifs is 1. The summed E-state index contributed by atoms with van der Waals surface area (Å²) in [6, 6.07) is 7.25. The van der Waals surface area contributed by atoms with Crippen LogP contribution in [0.5, 0.6) is 5.75 Å². The molecule has 2 aliphatic heterocycles. The van der Waals surface area contributed by atoms with Crippen LogP contribution in [0.3, 0.4) is 0 Å². The summed E-state index contributed by atoms with van der Waals surface area (Å²) in [6.45, 7) is 1.98. The Kier molecular flexibility index (Phi) is 3.81. The van der Waals surface area contributed by atoms with Crippen LogP contribution < -0.4 is 4.74 Å². The van der Waals surface area contributed by atoms with E-state index < -0.39 is 5.91 Å². The van der Waals surface area contributed by atoms with E-state index in [4.69, 9.17) is 10.1 Å². The van der Waals surface area contributed by atoms with Crippen molar-refractivity contribution in [2.45, 2.75) is 13.3 Å². The van der Waals surface area contributed by atoms with Crippen LogP contribution in [0.25, 0.3) is 6.08 Å². The van der Waals surface area contributed by atoms with Crippen LogP contribution in [-0.4, -0.2) is 34.1 Å². The minimum atomic E-state index is -0.410. The van der Waals surface area contributed by atoms with Gasteiger partial charge in [0.2, 0.25) is 5.17 Å². The summed E-state index contributed by atoms with van der Waals surface area (Å²) in [4.78, 5) is 16.2. The quantitative estimate of drug-likeness (QED) is 0.870. The Balaban J connectivity index is 1.94. The Bertz CT molecular complexity index is 734. The SMILES string of the molecule is CCC1=NN2C(=N)C(=Cc3ccc(OC)cc3)C(=O)N=C2S1. The van der Waals surface area contributed by atoms with E-state index in [0.717, 1.165) is 22.8 Å². The summed E-state index contributed by atoms with van der Waals surface area (Å²) < 4.78 is 5.10. The lowest BCUT2D eigenvalue weighted by atomic mass is 10.1. The van der Waals surface area contributed by atoms with Crippen LogP contribution in [0.4, 0.5) is 0 Å². The van der Waals surface area contributed by atoms with E-state index in [9.17, 15) is 4.79 Å². The molecule has 0 bridgehead atoms. The van der Waals surface area contributed by atoms with E-state index >= 15 is 0 Å². The maximum absolute atomic E-state index is 12.2. The summed E-state index contributed by atoms with van der Waals surface area (Å²) in [6.07, 6.45) is 2.40. The molecule has 2 aliphatic rings. The van der Waals surface area contributed by atoms with Gasteiger partial charge in [-0.15, -0.1) is 0 Å². The monoisotopic (exact) mass is 314 g/mol. The van der Waals surface area contributed by atoms with Crippen LogP contribution in [-0.2, 0) is 4.79 Å². The standard InChI is InChI=1S/C15H14N4O2S/c1-3-12-18-19-13(16)11(14(20)17-15(19)22-12)8-9-4-6-10(21-2)7-5-9/h4-8,16H,3H2,1-2H3. The average molecular weight is 314 g/mol. The topological polar surface area (TPSA) is 78.1 Å². The molecule has 7 heteroatoms. The van der Waals surface area contributed by atoms with Gasteiger partial charge in [0.25, 0.3) is 5.91 Å². The number of nitrogens with zero attached hydrogens (tertiary/aromatic N) is 3. The molecular formula is C15H14N4O2S. The molecule has 1 aromatic rings. The highest BCUT2D eigenvalue weighted by atomic mass is 32.2.